The van der Waals surface area contributed by atoms with Crippen LogP contribution in [0.15, 0.2) is 30.3 Å². The molecule has 0 radical (unpaired) electrons. The molecule has 1 aliphatic rings. The molecule has 1 aliphatic carbocycles. The summed E-state index contributed by atoms with van der Waals surface area (Å²) in [6.07, 6.45) is 3.22. The first-order valence-electron chi connectivity index (χ1n) is 7.59. The third-order valence-electron chi connectivity index (χ3n) is 3.98. The average molecular weight is 283 g/mol. The molecular weight excluding hydrogens is 262 g/mol. The lowest BCUT2D eigenvalue weighted by Crippen LogP contribution is -2.30. The van der Waals surface area contributed by atoms with Gasteiger partial charge in [-0.3, -0.25) is 9.78 Å². The van der Waals surface area contributed by atoms with E-state index < -0.39 is 0 Å². The van der Waals surface area contributed by atoms with Gasteiger partial charge in [0.25, 0.3) is 5.91 Å². The number of nitrogens with one attached hydrogen (secondary N) is 2. The van der Waals surface area contributed by atoms with Crippen LogP contribution >= 0.6 is 0 Å². The Morgan fingerprint density at radius 2 is 2.19 bits per heavy atom. The van der Waals surface area contributed by atoms with Gasteiger partial charge in [-0.15, -0.1) is 0 Å². The minimum absolute atomic E-state index is 0.0192. The number of aromatic amines is 1. The summed E-state index contributed by atoms with van der Waals surface area (Å²) in [6.45, 7) is 4.05. The first-order chi connectivity index (χ1) is 10.2. The SMILES string of the molecule is CCc1ccc(C(=O)N[C@H](c2cccc(C)n2)C2CC2)[nH]1. The molecule has 110 valence electrons. The second kappa shape index (κ2) is 5.72. The van der Waals surface area contributed by atoms with Crippen LogP contribution in [0.25, 0.3) is 0 Å². The molecular formula is C17H21N3O. The highest BCUT2D eigenvalue weighted by Gasteiger charge is 2.34. The van der Waals surface area contributed by atoms with Gasteiger partial charge >= 0.3 is 0 Å². The van der Waals surface area contributed by atoms with E-state index in [1.807, 2.05) is 37.3 Å². The van der Waals surface area contributed by atoms with Crippen molar-refractivity contribution in [1.29, 1.82) is 0 Å². The summed E-state index contributed by atoms with van der Waals surface area (Å²) in [7, 11) is 0. The minimum Gasteiger partial charge on any atom is -0.354 e. The Hall–Kier alpha value is -2.10. The maximum absolute atomic E-state index is 12.4. The monoisotopic (exact) mass is 283 g/mol. The molecule has 3 rings (SSSR count). The van der Waals surface area contributed by atoms with Crippen molar-refractivity contribution in [3.63, 3.8) is 0 Å². The average Bonchev–Trinajstić information content (AvgIpc) is 3.20. The zero-order valence-electron chi connectivity index (χ0n) is 12.5. The molecule has 0 saturated heterocycles. The van der Waals surface area contributed by atoms with Gasteiger partial charge in [-0.2, -0.15) is 0 Å². The number of H-pyrrole nitrogens is 1. The van der Waals surface area contributed by atoms with Crippen LogP contribution in [0.3, 0.4) is 0 Å². The number of carbonyl (C=O) groups is 1. The van der Waals surface area contributed by atoms with Crippen LogP contribution in [0.5, 0.6) is 0 Å². The molecule has 21 heavy (non-hydrogen) atoms. The molecule has 1 atom stereocenters. The van der Waals surface area contributed by atoms with Crippen molar-refractivity contribution < 1.29 is 4.79 Å². The highest BCUT2D eigenvalue weighted by molar-refractivity contribution is 5.92. The van der Waals surface area contributed by atoms with Crippen LogP contribution in [0.2, 0.25) is 0 Å². The molecule has 1 amide bonds. The standard InChI is InChI=1S/C17H21N3O/c1-3-13-9-10-15(19-13)17(21)20-16(12-7-8-12)14-6-4-5-11(2)18-14/h4-6,9-10,12,16,19H,3,7-8H2,1-2H3,(H,20,21)/t16-/m0/s1. The molecule has 2 N–H and O–H groups in total. The topological polar surface area (TPSA) is 57.8 Å². The lowest BCUT2D eigenvalue weighted by Gasteiger charge is -2.18. The molecule has 0 bridgehead atoms. The van der Waals surface area contributed by atoms with Crippen LogP contribution in [0.1, 0.15) is 53.4 Å². The van der Waals surface area contributed by atoms with Crippen molar-refractivity contribution in [2.24, 2.45) is 5.92 Å². The first kappa shape index (κ1) is 13.9. The Morgan fingerprint density at radius 3 is 2.81 bits per heavy atom. The predicted molar refractivity (Wildman–Crippen MR) is 82.1 cm³/mol. The van der Waals surface area contributed by atoms with Gasteiger partial charge in [0.05, 0.1) is 11.7 Å². The molecule has 0 aromatic carbocycles. The summed E-state index contributed by atoms with van der Waals surface area (Å²) in [5.74, 6) is 0.471. The van der Waals surface area contributed by atoms with Gasteiger partial charge in [0.2, 0.25) is 0 Å². The molecule has 4 heteroatoms. The molecule has 1 saturated carbocycles. The molecule has 0 aliphatic heterocycles. The van der Waals surface area contributed by atoms with Crippen LogP contribution in [0, 0.1) is 12.8 Å². The van der Waals surface area contributed by atoms with Crippen LogP contribution in [0.4, 0.5) is 0 Å². The third-order valence-corrected chi connectivity index (χ3v) is 3.98. The summed E-state index contributed by atoms with van der Waals surface area (Å²) < 4.78 is 0. The van der Waals surface area contributed by atoms with E-state index in [2.05, 4.69) is 22.2 Å². The Bertz CT molecular complexity index is 643. The van der Waals surface area contributed by atoms with Crippen LogP contribution in [-0.2, 0) is 6.42 Å². The summed E-state index contributed by atoms with van der Waals surface area (Å²) in [5.41, 5.74) is 3.66. The van der Waals surface area contributed by atoms with Gasteiger partial charge in [-0.25, -0.2) is 0 Å². The zero-order chi connectivity index (χ0) is 14.8. The van der Waals surface area contributed by atoms with Gasteiger partial charge < -0.3 is 10.3 Å². The second-order valence-corrected chi connectivity index (χ2v) is 5.74. The van der Waals surface area contributed by atoms with Gasteiger partial charge in [0.15, 0.2) is 0 Å². The van der Waals surface area contributed by atoms with Crippen molar-refractivity contribution in [3.05, 3.63) is 53.1 Å². The fourth-order valence-electron chi connectivity index (χ4n) is 2.60. The van der Waals surface area contributed by atoms with E-state index in [1.165, 1.54) is 0 Å². The number of hydrogen-bond donors (Lipinski definition) is 2. The van der Waals surface area contributed by atoms with Gasteiger partial charge in [-0.05, 0) is 56.4 Å². The van der Waals surface area contributed by atoms with Crippen molar-refractivity contribution in [2.75, 3.05) is 0 Å². The maximum atomic E-state index is 12.4. The Morgan fingerprint density at radius 1 is 1.38 bits per heavy atom. The number of aromatic nitrogens is 2. The Labute approximate surface area is 125 Å². The molecule has 2 heterocycles. The van der Waals surface area contributed by atoms with Crippen LogP contribution < -0.4 is 5.32 Å². The molecule has 4 nitrogen and oxygen atoms in total. The number of nitrogens with zero attached hydrogens (tertiary/aromatic N) is 1. The first-order valence-corrected chi connectivity index (χ1v) is 7.59. The summed E-state index contributed by atoms with van der Waals surface area (Å²) in [6, 6.07) is 9.82. The van der Waals surface area contributed by atoms with Crippen molar-refractivity contribution >= 4 is 5.91 Å². The van der Waals surface area contributed by atoms with E-state index in [0.29, 0.717) is 11.6 Å². The third kappa shape index (κ3) is 3.15. The predicted octanol–water partition coefficient (Wildman–Crippen LogP) is 3.16. The fourth-order valence-corrected chi connectivity index (χ4v) is 2.60. The highest BCUT2D eigenvalue weighted by atomic mass is 16.1. The number of pyridine rings is 1. The van der Waals surface area contributed by atoms with Crippen molar-refractivity contribution in [3.8, 4) is 0 Å². The lowest BCUT2D eigenvalue weighted by molar-refractivity contribution is 0.0926. The second-order valence-electron chi connectivity index (χ2n) is 5.74. The molecule has 2 aromatic rings. The smallest absolute Gasteiger partial charge is 0.268 e. The van der Waals surface area contributed by atoms with E-state index in [4.69, 9.17) is 0 Å². The fraction of sp³-hybridized carbons (Fsp3) is 0.412. The number of hydrogen-bond acceptors (Lipinski definition) is 2. The van der Waals surface area contributed by atoms with Gasteiger partial charge in [0, 0.05) is 11.4 Å². The number of amides is 1. The quantitative estimate of drug-likeness (QED) is 0.885. The summed E-state index contributed by atoms with van der Waals surface area (Å²) in [5, 5.41) is 3.14. The lowest BCUT2D eigenvalue weighted by atomic mass is 10.1. The molecule has 1 fully saturated rings. The van der Waals surface area contributed by atoms with Crippen molar-refractivity contribution in [1.82, 2.24) is 15.3 Å². The Balaban J connectivity index is 1.77. The number of aryl methyl sites for hydroxylation is 2. The molecule has 2 aromatic heterocycles. The van der Waals surface area contributed by atoms with Gasteiger partial charge in [-0.1, -0.05) is 13.0 Å². The summed E-state index contributed by atoms with van der Waals surface area (Å²) in [4.78, 5) is 20.1. The van der Waals surface area contributed by atoms with E-state index in [1.54, 1.807) is 0 Å². The normalized spacial score (nSPS) is 15.7. The van der Waals surface area contributed by atoms with E-state index in [-0.39, 0.29) is 11.9 Å². The van der Waals surface area contributed by atoms with E-state index >= 15 is 0 Å². The number of carbonyl (C=O) groups excluding carboxylic acids is 1. The molecule has 0 unspecified atom stereocenters. The molecule has 0 spiro atoms. The van der Waals surface area contributed by atoms with E-state index in [0.717, 1.165) is 36.3 Å². The summed E-state index contributed by atoms with van der Waals surface area (Å²) >= 11 is 0. The van der Waals surface area contributed by atoms with Crippen molar-refractivity contribution in [2.45, 2.75) is 39.2 Å². The maximum Gasteiger partial charge on any atom is 0.268 e. The zero-order valence-corrected chi connectivity index (χ0v) is 12.5. The van der Waals surface area contributed by atoms with Crippen LogP contribution in [-0.4, -0.2) is 15.9 Å². The van der Waals surface area contributed by atoms with Gasteiger partial charge in [0.1, 0.15) is 5.69 Å². The highest BCUT2D eigenvalue weighted by Crippen LogP contribution is 2.40. The largest absolute Gasteiger partial charge is 0.354 e. The van der Waals surface area contributed by atoms with E-state index in [9.17, 15) is 4.79 Å². The minimum atomic E-state index is -0.0464. The number of rotatable bonds is 5. The Kier molecular flexibility index (Phi) is 3.78.